The highest BCUT2D eigenvalue weighted by Crippen LogP contribution is 2.29. The molecule has 2 aromatic carbocycles. The van der Waals surface area contributed by atoms with Gasteiger partial charge < -0.3 is 20.9 Å². The van der Waals surface area contributed by atoms with Gasteiger partial charge in [0, 0.05) is 17.3 Å². The molecule has 5 nitrogen and oxygen atoms in total. The maximum Gasteiger partial charge on any atom is 0.248 e. The zero-order valence-corrected chi connectivity index (χ0v) is 11.1. The van der Waals surface area contributed by atoms with Crippen LogP contribution in [0.2, 0.25) is 0 Å². The summed E-state index contributed by atoms with van der Waals surface area (Å²) < 4.78 is 10.9. The third-order valence-corrected chi connectivity index (χ3v) is 2.82. The normalized spacial score (nSPS) is 10.1. The van der Waals surface area contributed by atoms with Gasteiger partial charge in [0.1, 0.15) is 6.61 Å². The van der Waals surface area contributed by atoms with Crippen molar-refractivity contribution in [3.63, 3.8) is 0 Å². The molecule has 0 spiro atoms. The highest BCUT2D eigenvalue weighted by molar-refractivity contribution is 5.92. The Morgan fingerprint density at radius 2 is 1.80 bits per heavy atom. The van der Waals surface area contributed by atoms with Crippen LogP contribution < -0.4 is 20.9 Å². The number of hydrogen-bond acceptors (Lipinski definition) is 4. The lowest BCUT2D eigenvalue weighted by Crippen LogP contribution is -2.10. The van der Waals surface area contributed by atoms with Crippen molar-refractivity contribution < 1.29 is 14.3 Å². The van der Waals surface area contributed by atoms with Crippen LogP contribution in [0.3, 0.4) is 0 Å². The molecule has 5 heteroatoms. The average Bonchev–Trinajstić information content (AvgIpc) is 2.45. The molecule has 0 heterocycles. The number of rotatable bonds is 5. The van der Waals surface area contributed by atoms with Gasteiger partial charge >= 0.3 is 0 Å². The molecule has 0 atom stereocenters. The van der Waals surface area contributed by atoms with E-state index in [9.17, 15) is 4.79 Å². The monoisotopic (exact) mass is 272 g/mol. The molecular formula is C15H16N2O3. The summed E-state index contributed by atoms with van der Waals surface area (Å²) in [6.07, 6.45) is 0. The smallest absolute Gasteiger partial charge is 0.248 e. The molecule has 104 valence electrons. The van der Waals surface area contributed by atoms with E-state index >= 15 is 0 Å². The molecule has 4 N–H and O–H groups in total. The minimum Gasteiger partial charge on any atom is -0.493 e. The first-order valence-electron chi connectivity index (χ1n) is 6.05. The van der Waals surface area contributed by atoms with Gasteiger partial charge in [0.05, 0.1) is 7.11 Å². The van der Waals surface area contributed by atoms with E-state index in [-0.39, 0.29) is 0 Å². The van der Waals surface area contributed by atoms with Gasteiger partial charge in [-0.15, -0.1) is 0 Å². The van der Waals surface area contributed by atoms with Gasteiger partial charge in [-0.05, 0) is 29.8 Å². The number of hydrogen-bond donors (Lipinski definition) is 2. The van der Waals surface area contributed by atoms with Crippen LogP contribution >= 0.6 is 0 Å². The van der Waals surface area contributed by atoms with Gasteiger partial charge in [-0.2, -0.15) is 0 Å². The fraction of sp³-hybridized carbons (Fsp3) is 0.133. The van der Waals surface area contributed by atoms with E-state index in [4.69, 9.17) is 20.9 Å². The van der Waals surface area contributed by atoms with Gasteiger partial charge in [-0.3, -0.25) is 4.79 Å². The highest BCUT2D eigenvalue weighted by atomic mass is 16.5. The molecule has 0 aromatic heterocycles. The number of amides is 1. The number of primary amides is 1. The second-order valence-electron chi connectivity index (χ2n) is 4.26. The average molecular weight is 272 g/mol. The molecule has 0 aliphatic heterocycles. The minimum absolute atomic E-state index is 0.346. The third kappa shape index (κ3) is 3.20. The lowest BCUT2D eigenvalue weighted by atomic mass is 10.1. The standard InChI is InChI=1S/C15H16N2O3/c1-19-13-7-6-12(16)8-14(13)20-9-10-2-4-11(5-3-10)15(17)18/h2-8H,9,16H2,1H3,(H2,17,18). The van der Waals surface area contributed by atoms with Gasteiger partial charge in [0.15, 0.2) is 11.5 Å². The van der Waals surface area contributed by atoms with E-state index in [0.717, 1.165) is 5.56 Å². The minimum atomic E-state index is -0.449. The first kappa shape index (κ1) is 13.7. The van der Waals surface area contributed by atoms with E-state index in [0.29, 0.717) is 29.4 Å². The molecule has 2 aromatic rings. The Labute approximate surface area is 117 Å². The predicted octanol–water partition coefficient (Wildman–Crippen LogP) is 1.96. The van der Waals surface area contributed by atoms with Gasteiger partial charge in [-0.1, -0.05) is 12.1 Å². The van der Waals surface area contributed by atoms with E-state index in [1.807, 2.05) is 0 Å². The Morgan fingerprint density at radius 1 is 1.10 bits per heavy atom. The van der Waals surface area contributed by atoms with E-state index in [2.05, 4.69) is 0 Å². The van der Waals surface area contributed by atoms with Crippen LogP contribution in [0.5, 0.6) is 11.5 Å². The Hall–Kier alpha value is -2.69. The number of ether oxygens (including phenoxy) is 2. The molecule has 0 saturated heterocycles. The Bertz CT molecular complexity index is 609. The van der Waals surface area contributed by atoms with Crippen molar-refractivity contribution in [2.24, 2.45) is 5.73 Å². The molecule has 0 bridgehead atoms. The van der Waals surface area contributed by atoms with Crippen molar-refractivity contribution in [3.8, 4) is 11.5 Å². The van der Waals surface area contributed by atoms with Crippen LogP contribution in [-0.4, -0.2) is 13.0 Å². The van der Waals surface area contributed by atoms with E-state index in [1.54, 1.807) is 49.6 Å². The zero-order valence-electron chi connectivity index (χ0n) is 11.1. The molecule has 0 aliphatic carbocycles. The molecule has 0 fully saturated rings. The summed E-state index contributed by atoms with van der Waals surface area (Å²) in [6, 6.07) is 12.1. The topological polar surface area (TPSA) is 87.6 Å². The van der Waals surface area contributed by atoms with Crippen LogP contribution in [0.15, 0.2) is 42.5 Å². The van der Waals surface area contributed by atoms with Crippen molar-refractivity contribution in [2.75, 3.05) is 12.8 Å². The van der Waals surface area contributed by atoms with Crippen molar-refractivity contribution in [2.45, 2.75) is 6.61 Å². The molecule has 1 amide bonds. The largest absolute Gasteiger partial charge is 0.493 e. The third-order valence-electron chi connectivity index (χ3n) is 2.82. The summed E-state index contributed by atoms with van der Waals surface area (Å²) in [5.74, 6) is 0.745. The van der Waals surface area contributed by atoms with E-state index < -0.39 is 5.91 Å². The van der Waals surface area contributed by atoms with Crippen LogP contribution in [0.25, 0.3) is 0 Å². The molecule has 0 unspecified atom stereocenters. The summed E-state index contributed by atoms with van der Waals surface area (Å²) in [7, 11) is 1.57. The number of nitrogen functional groups attached to an aromatic ring is 1. The van der Waals surface area contributed by atoms with Gasteiger partial charge in [0.25, 0.3) is 0 Å². The lowest BCUT2D eigenvalue weighted by molar-refractivity contribution is 0.1000. The quantitative estimate of drug-likeness (QED) is 0.814. The Kier molecular flexibility index (Phi) is 4.10. The fourth-order valence-electron chi connectivity index (χ4n) is 1.73. The Balaban J connectivity index is 2.08. The number of anilines is 1. The number of carbonyl (C=O) groups is 1. The summed E-state index contributed by atoms with van der Waals surface area (Å²) in [6.45, 7) is 0.346. The summed E-state index contributed by atoms with van der Waals surface area (Å²) in [5, 5.41) is 0. The van der Waals surface area contributed by atoms with Crippen molar-refractivity contribution in [3.05, 3.63) is 53.6 Å². The number of carbonyl (C=O) groups excluding carboxylic acids is 1. The fourth-order valence-corrected chi connectivity index (χ4v) is 1.73. The molecule has 0 radical (unpaired) electrons. The second-order valence-corrected chi connectivity index (χ2v) is 4.26. The summed E-state index contributed by atoms with van der Waals surface area (Å²) >= 11 is 0. The van der Waals surface area contributed by atoms with Gasteiger partial charge in [0.2, 0.25) is 5.91 Å². The van der Waals surface area contributed by atoms with Crippen molar-refractivity contribution in [1.29, 1.82) is 0 Å². The van der Waals surface area contributed by atoms with Crippen LogP contribution in [0.1, 0.15) is 15.9 Å². The molecular weight excluding hydrogens is 256 g/mol. The number of benzene rings is 2. The van der Waals surface area contributed by atoms with Crippen LogP contribution in [0, 0.1) is 0 Å². The maximum atomic E-state index is 11.0. The van der Waals surface area contributed by atoms with Crippen molar-refractivity contribution >= 4 is 11.6 Å². The maximum absolute atomic E-state index is 11.0. The highest BCUT2D eigenvalue weighted by Gasteiger charge is 2.06. The molecule has 2 rings (SSSR count). The first-order valence-corrected chi connectivity index (χ1v) is 6.05. The van der Waals surface area contributed by atoms with Gasteiger partial charge in [-0.25, -0.2) is 0 Å². The first-order chi connectivity index (χ1) is 9.60. The van der Waals surface area contributed by atoms with Crippen molar-refractivity contribution in [1.82, 2.24) is 0 Å². The Morgan fingerprint density at radius 3 is 2.40 bits per heavy atom. The summed E-state index contributed by atoms with van der Waals surface area (Å²) in [4.78, 5) is 11.0. The van der Waals surface area contributed by atoms with E-state index in [1.165, 1.54) is 0 Å². The number of methoxy groups -OCH3 is 1. The molecule has 20 heavy (non-hydrogen) atoms. The lowest BCUT2D eigenvalue weighted by Gasteiger charge is -2.11. The zero-order chi connectivity index (χ0) is 14.5. The molecule has 0 saturated carbocycles. The summed E-state index contributed by atoms with van der Waals surface area (Å²) in [5.41, 5.74) is 12.9. The molecule has 0 aliphatic rings. The number of nitrogens with two attached hydrogens (primary N) is 2. The predicted molar refractivity (Wildman–Crippen MR) is 76.7 cm³/mol. The second kappa shape index (κ2) is 5.97. The SMILES string of the molecule is COc1ccc(N)cc1OCc1ccc(C(N)=O)cc1. The van der Waals surface area contributed by atoms with Crippen LogP contribution in [-0.2, 0) is 6.61 Å². The van der Waals surface area contributed by atoms with Crippen LogP contribution in [0.4, 0.5) is 5.69 Å².